The summed E-state index contributed by atoms with van der Waals surface area (Å²) in [5, 5.41) is 22.0. The molecule has 2 amide bonds. The van der Waals surface area contributed by atoms with Crippen LogP contribution in [-0.2, 0) is 46.9 Å². The summed E-state index contributed by atoms with van der Waals surface area (Å²) in [5.74, 6) is -2.02. The highest BCUT2D eigenvalue weighted by Crippen LogP contribution is 2.37. The lowest BCUT2D eigenvalue weighted by Crippen LogP contribution is -2.76. The van der Waals surface area contributed by atoms with Crippen LogP contribution < -0.4 is 37.1 Å². The van der Waals surface area contributed by atoms with E-state index in [2.05, 4.69) is 35.8 Å². The van der Waals surface area contributed by atoms with Gasteiger partial charge in [0.25, 0.3) is 23.2 Å². The number of hydrogen-bond acceptors (Lipinski definition) is 15. The van der Waals surface area contributed by atoms with Crippen molar-refractivity contribution in [2.45, 2.75) is 76.3 Å². The highest BCUT2D eigenvalue weighted by molar-refractivity contribution is 7.80. The van der Waals surface area contributed by atoms with Gasteiger partial charge < -0.3 is 37.2 Å². The number of pyridine rings is 1. The van der Waals surface area contributed by atoms with Gasteiger partial charge >= 0.3 is 16.4 Å². The van der Waals surface area contributed by atoms with Crippen molar-refractivity contribution < 1.29 is 50.9 Å². The van der Waals surface area contributed by atoms with Crippen LogP contribution in [0.4, 0.5) is 10.9 Å². The van der Waals surface area contributed by atoms with Crippen LogP contribution in [0.25, 0.3) is 11.1 Å². The lowest BCUT2D eigenvalue weighted by molar-refractivity contribution is -0.682. The van der Waals surface area contributed by atoms with Crippen LogP contribution in [0.2, 0.25) is 0 Å². The minimum absolute atomic E-state index is 0.0614. The van der Waals surface area contributed by atoms with Crippen molar-refractivity contribution in [3.63, 3.8) is 0 Å². The first-order valence-corrected chi connectivity index (χ1v) is 19.2. The van der Waals surface area contributed by atoms with Crippen LogP contribution in [0.3, 0.4) is 0 Å². The van der Waals surface area contributed by atoms with Gasteiger partial charge in [-0.1, -0.05) is 11.2 Å². The quantitative estimate of drug-likeness (QED) is 0.0246. The maximum atomic E-state index is 13.5. The number of thiazole rings is 1. The maximum absolute atomic E-state index is 13.5. The number of nitrogen functional groups attached to an aromatic ring is 1. The first-order chi connectivity index (χ1) is 25.5. The number of aliphatic carboxylic acids is 1. The van der Waals surface area contributed by atoms with Crippen LogP contribution in [0.15, 0.2) is 47.1 Å². The molecule has 4 heterocycles. The van der Waals surface area contributed by atoms with Crippen molar-refractivity contribution >= 4 is 56.2 Å². The van der Waals surface area contributed by atoms with Crippen LogP contribution in [-0.4, -0.2) is 94.5 Å². The van der Waals surface area contributed by atoms with E-state index in [0.29, 0.717) is 30.3 Å². The van der Waals surface area contributed by atoms with Crippen molar-refractivity contribution in [2.24, 2.45) is 16.6 Å². The van der Waals surface area contributed by atoms with Crippen molar-refractivity contribution in [2.75, 3.05) is 30.7 Å². The minimum atomic E-state index is -5.03. The Morgan fingerprint density at radius 1 is 1.20 bits per heavy atom. The largest absolute Gasteiger partial charge is 0.485 e. The second kappa shape index (κ2) is 16.2. The molecule has 54 heavy (non-hydrogen) atoms. The van der Waals surface area contributed by atoms with E-state index in [1.807, 2.05) is 24.3 Å². The number of fused-ring (bicyclic) bond motifs is 1. The lowest BCUT2D eigenvalue weighted by atomic mass is 9.84. The number of nitrogens with one attached hydrogen (secondary N) is 2. The molecule has 3 aromatic rings. The molecule has 3 atom stereocenters. The Kier molecular flexibility index (Phi) is 12.1. The number of anilines is 2. The third-order valence-corrected chi connectivity index (χ3v) is 10.1. The molecule has 1 saturated heterocycles. The summed E-state index contributed by atoms with van der Waals surface area (Å²) in [6, 6.07) is 8.32. The van der Waals surface area contributed by atoms with Gasteiger partial charge in [-0.3, -0.25) is 19.5 Å². The van der Waals surface area contributed by atoms with Gasteiger partial charge in [0.1, 0.15) is 17.5 Å². The van der Waals surface area contributed by atoms with Crippen LogP contribution in [0.5, 0.6) is 5.75 Å². The smallest absolute Gasteiger partial charge is 0.418 e. The summed E-state index contributed by atoms with van der Waals surface area (Å²) in [5.41, 5.74) is 15.8. The Morgan fingerprint density at radius 3 is 2.56 bits per heavy atom. The van der Waals surface area contributed by atoms with E-state index < -0.39 is 57.2 Å². The Bertz CT molecular complexity index is 2040. The number of carbonyl (C=O) groups excluding carboxylic acids is 2. The number of carboxylic acids is 1. The van der Waals surface area contributed by atoms with E-state index in [1.54, 1.807) is 6.07 Å². The molecule has 2 aliphatic heterocycles. The summed E-state index contributed by atoms with van der Waals surface area (Å²) in [4.78, 5) is 48.7. The highest BCUT2D eigenvalue weighted by atomic mass is 32.3. The van der Waals surface area contributed by atoms with E-state index in [9.17, 15) is 27.9 Å². The number of benzene rings is 1. The number of rotatable bonds is 17. The van der Waals surface area contributed by atoms with E-state index in [1.165, 1.54) is 26.2 Å². The number of aromatic nitrogens is 2. The number of amides is 2. The molecule has 19 nitrogen and oxygen atoms in total. The number of carbonyl (C=O) groups is 3. The van der Waals surface area contributed by atoms with Gasteiger partial charge in [0.05, 0.1) is 24.8 Å². The molecule has 292 valence electrons. The van der Waals surface area contributed by atoms with Gasteiger partial charge in [0.15, 0.2) is 16.9 Å². The Morgan fingerprint density at radius 2 is 1.93 bits per heavy atom. The Hall–Kier alpha value is -4.93. The fourth-order valence-corrected chi connectivity index (χ4v) is 7.00. The average Bonchev–Trinajstić information content (AvgIpc) is 3.56. The van der Waals surface area contributed by atoms with Gasteiger partial charge in [-0.25, -0.2) is 14.3 Å². The number of nitrogens with zero attached hydrogens (tertiary/aromatic N) is 4. The Balaban J connectivity index is 1.36. The maximum Gasteiger partial charge on any atom is 0.418 e. The van der Waals surface area contributed by atoms with Gasteiger partial charge in [0.2, 0.25) is 0 Å². The second-order valence-corrected chi connectivity index (χ2v) is 15.3. The molecular formula is C33H44N9O10S2+. The molecule has 0 spiro atoms. The van der Waals surface area contributed by atoms with Crippen molar-refractivity contribution in [1.29, 1.82) is 0 Å². The standard InChI is InChI=1S/C33H43N9O10S2/c1-32(2)27(29(44)42(32)52-54(47,48)49)39-28(43)26(22-18-53-31(36)38-22)40-51-33(3,30(45)46)24-10-7-20-16-19(6-9-23(20)50-24)21-8-11-25(37-14-4-12-34)41(17-21)15-5-13-35/h6,8-9,11,16-18,24,27H,4-5,7,10,12-15,34-35H2,1-3H3,(H5,36,38,39,43,45,46,47,48,49)/p+1/b40-26-. The highest BCUT2D eigenvalue weighted by Gasteiger charge is 2.58. The third kappa shape index (κ3) is 8.71. The van der Waals surface area contributed by atoms with Gasteiger partial charge in [0, 0.05) is 17.0 Å². The van der Waals surface area contributed by atoms with E-state index in [4.69, 9.17) is 31.3 Å². The number of nitrogens with two attached hydrogens (primary N) is 3. The zero-order chi connectivity index (χ0) is 39.4. The first-order valence-electron chi connectivity index (χ1n) is 17.0. The molecule has 21 heteroatoms. The second-order valence-electron chi connectivity index (χ2n) is 13.4. The van der Waals surface area contributed by atoms with E-state index in [-0.39, 0.29) is 17.2 Å². The third-order valence-electron chi connectivity index (χ3n) is 9.12. The van der Waals surface area contributed by atoms with E-state index >= 15 is 0 Å². The average molecular weight is 791 g/mol. The van der Waals surface area contributed by atoms with Crippen LogP contribution in [0.1, 0.15) is 51.3 Å². The molecule has 0 radical (unpaired) electrons. The number of carboxylic acid groups (broad SMARTS) is 1. The molecule has 1 fully saturated rings. The van der Waals surface area contributed by atoms with Crippen molar-refractivity contribution in [1.82, 2.24) is 15.4 Å². The molecule has 3 unspecified atom stereocenters. The van der Waals surface area contributed by atoms with Crippen molar-refractivity contribution in [3.05, 3.63) is 53.2 Å². The molecular weight excluding hydrogens is 747 g/mol. The summed E-state index contributed by atoms with van der Waals surface area (Å²) in [6.07, 6.45) is 3.28. The SMILES string of the molecule is CC(O/N=C(\C(=O)NC1C(=O)N(OS(=O)(=O)O)C1(C)C)c1csc(N)n1)(C(=O)O)C1CCc2cc(-c3ccc(NCCCN)[n+](CCCN)c3)ccc2O1. The fraction of sp³-hybridized carbons (Fsp3) is 0.455. The normalized spacial score (nSPS) is 19.2. The number of hydrogen-bond donors (Lipinski definition) is 7. The molecule has 0 aliphatic carbocycles. The lowest BCUT2D eigenvalue weighted by Gasteiger charge is -2.50. The number of hydroxylamine groups is 2. The fourth-order valence-electron chi connectivity index (χ4n) is 5.99. The minimum Gasteiger partial charge on any atom is -0.485 e. The number of β-lactam (4-membered cyclic amide) rings is 1. The molecule has 0 saturated carbocycles. The monoisotopic (exact) mass is 790 g/mol. The molecule has 5 rings (SSSR count). The number of oxime groups is 1. The van der Waals surface area contributed by atoms with Gasteiger partial charge in [-0.15, -0.1) is 15.6 Å². The zero-order valence-corrected chi connectivity index (χ0v) is 31.5. The summed E-state index contributed by atoms with van der Waals surface area (Å²) >= 11 is 0.970. The molecule has 0 bridgehead atoms. The van der Waals surface area contributed by atoms with Crippen molar-refractivity contribution in [3.8, 4) is 16.9 Å². The van der Waals surface area contributed by atoms with Gasteiger partial charge in [-0.05, 0) is 88.9 Å². The van der Waals surface area contributed by atoms with Crippen LogP contribution in [0, 0.1) is 0 Å². The predicted octanol–water partition coefficient (Wildman–Crippen LogP) is 0.587. The number of aryl methyl sites for hydroxylation is 2. The van der Waals surface area contributed by atoms with E-state index in [0.717, 1.165) is 59.8 Å². The summed E-state index contributed by atoms with van der Waals surface area (Å²) in [6.45, 7) is 6.61. The molecule has 2 aromatic heterocycles. The molecule has 1 aromatic carbocycles. The topological polar surface area (TPSA) is 288 Å². The van der Waals surface area contributed by atoms with Gasteiger partial charge in [-0.2, -0.15) is 13.5 Å². The first kappa shape index (κ1) is 40.3. The Labute approximate surface area is 315 Å². The van der Waals surface area contributed by atoms with Crippen LogP contribution >= 0.6 is 11.3 Å². The summed E-state index contributed by atoms with van der Waals surface area (Å²) < 4.78 is 44.1. The molecule has 10 N–H and O–H groups in total. The molecule has 2 aliphatic rings. The zero-order valence-electron chi connectivity index (χ0n) is 29.9. The predicted molar refractivity (Wildman–Crippen MR) is 196 cm³/mol. The number of ether oxygens (including phenoxy) is 1. The summed E-state index contributed by atoms with van der Waals surface area (Å²) in [7, 11) is -5.03.